The molecule has 0 radical (unpaired) electrons. The van der Waals surface area contributed by atoms with E-state index in [0.29, 0.717) is 6.10 Å². The third kappa shape index (κ3) is 9.33. The van der Waals surface area contributed by atoms with Crippen molar-refractivity contribution in [1.29, 1.82) is 0 Å². The highest BCUT2D eigenvalue weighted by Crippen LogP contribution is 2.09. The fourth-order valence-electron chi connectivity index (χ4n) is 1.71. The summed E-state index contributed by atoms with van der Waals surface area (Å²) in [5.41, 5.74) is 0. The first kappa shape index (κ1) is 14.2. The maximum Gasteiger partial charge on any atom is 0.104 e. The lowest BCUT2D eigenvalue weighted by Crippen LogP contribution is -2.03. The summed E-state index contributed by atoms with van der Waals surface area (Å²) in [5.74, 6) is 0. The van der Waals surface area contributed by atoms with Gasteiger partial charge in [-0.2, -0.15) is 0 Å². The predicted octanol–water partition coefficient (Wildman–Crippen LogP) is 1.61. The van der Waals surface area contributed by atoms with Crippen LogP contribution in [0.25, 0.3) is 0 Å². The number of ether oxygens (including phenoxy) is 3. The van der Waals surface area contributed by atoms with Gasteiger partial charge in [-0.3, -0.25) is 0 Å². The summed E-state index contributed by atoms with van der Waals surface area (Å²) in [4.78, 5) is 0. The second-order valence-electron chi connectivity index (χ2n) is 4.50. The standard InChI is InChI=1S/C12H26O3Si/c1-13-6-3-2-4-8-16-9-5-7-14-10-12-11-15-12/h12H,2-11,16H2,1H3. The van der Waals surface area contributed by atoms with Crippen LogP contribution in [0.3, 0.4) is 0 Å². The van der Waals surface area contributed by atoms with Crippen LogP contribution in [0.1, 0.15) is 25.7 Å². The van der Waals surface area contributed by atoms with Crippen molar-refractivity contribution in [3.63, 3.8) is 0 Å². The Morgan fingerprint density at radius 3 is 2.69 bits per heavy atom. The molecule has 1 fully saturated rings. The van der Waals surface area contributed by atoms with Gasteiger partial charge < -0.3 is 14.2 Å². The van der Waals surface area contributed by atoms with Gasteiger partial charge in [-0.15, -0.1) is 0 Å². The Morgan fingerprint density at radius 2 is 1.94 bits per heavy atom. The summed E-state index contributed by atoms with van der Waals surface area (Å²) >= 11 is 0. The summed E-state index contributed by atoms with van der Waals surface area (Å²) in [6.45, 7) is 3.60. The summed E-state index contributed by atoms with van der Waals surface area (Å²) < 4.78 is 15.6. The van der Waals surface area contributed by atoms with E-state index in [-0.39, 0.29) is 9.52 Å². The lowest BCUT2D eigenvalue weighted by molar-refractivity contribution is 0.117. The van der Waals surface area contributed by atoms with E-state index in [0.717, 1.165) is 26.4 Å². The van der Waals surface area contributed by atoms with E-state index in [4.69, 9.17) is 14.2 Å². The Labute approximate surface area is 102 Å². The van der Waals surface area contributed by atoms with Gasteiger partial charge in [0.1, 0.15) is 6.10 Å². The molecule has 0 bridgehead atoms. The molecule has 0 spiro atoms. The summed E-state index contributed by atoms with van der Waals surface area (Å²) in [5, 5.41) is 0. The Morgan fingerprint density at radius 1 is 1.12 bits per heavy atom. The zero-order valence-electron chi connectivity index (χ0n) is 10.6. The molecule has 4 heteroatoms. The van der Waals surface area contributed by atoms with Crippen LogP contribution in [0.5, 0.6) is 0 Å². The van der Waals surface area contributed by atoms with Crippen molar-refractivity contribution >= 4 is 9.52 Å². The molecule has 1 unspecified atom stereocenters. The van der Waals surface area contributed by atoms with Gasteiger partial charge in [0.2, 0.25) is 0 Å². The number of unbranched alkanes of at least 4 members (excludes halogenated alkanes) is 2. The Bertz CT molecular complexity index is 151. The van der Waals surface area contributed by atoms with Crippen LogP contribution in [-0.4, -0.2) is 49.2 Å². The summed E-state index contributed by atoms with van der Waals surface area (Å²) in [6.07, 6.45) is 5.67. The lowest BCUT2D eigenvalue weighted by atomic mass is 10.3. The maximum absolute atomic E-state index is 5.50. The molecule has 0 aromatic heterocycles. The first-order valence-corrected chi connectivity index (χ1v) is 8.62. The molecule has 1 saturated heterocycles. The highest BCUT2D eigenvalue weighted by atomic mass is 28.2. The van der Waals surface area contributed by atoms with Crippen molar-refractivity contribution in [3.8, 4) is 0 Å². The van der Waals surface area contributed by atoms with Crippen LogP contribution >= 0.6 is 0 Å². The van der Waals surface area contributed by atoms with E-state index in [1.807, 2.05) is 0 Å². The zero-order valence-corrected chi connectivity index (χ0v) is 12.0. The Balaban J connectivity index is 1.61. The van der Waals surface area contributed by atoms with Crippen molar-refractivity contribution in [2.45, 2.75) is 43.9 Å². The summed E-state index contributed by atoms with van der Waals surface area (Å²) in [7, 11) is 1.97. The predicted molar refractivity (Wildman–Crippen MR) is 69.1 cm³/mol. The van der Waals surface area contributed by atoms with Crippen LogP contribution in [0, 0.1) is 0 Å². The van der Waals surface area contributed by atoms with Gasteiger partial charge in [-0.1, -0.05) is 24.9 Å². The molecule has 0 aromatic carbocycles. The molecular weight excluding hydrogens is 220 g/mol. The quantitative estimate of drug-likeness (QED) is 0.298. The van der Waals surface area contributed by atoms with Crippen molar-refractivity contribution in [3.05, 3.63) is 0 Å². The van der Waals surface area contributed by atoms with Crippen molar-refractivity contribution in [2.24, 2.45) is 0 Å². The Kier molecular flexibility index (Phi) is 9.08. The highest BCUT2D eigenvalue weighted by Gasteiger charge is 2.21. The number of hydrogen-bond acceptors (Lipinski definition) is 3. The van der Waals surface area contributed by atoms with Crippen LogP contribution in [-0.2, 0) is 14.2 Å². The summed E-state index contributed by atoms with van der Waals surface area (Å²) in [6, 6.07) is 2.94. The second kappa shape index (κ2) is 10.3. The largest absolute Gasteiger partial charge is 0.385 e. The van der Waals surface area contributed by atoms with Crippen molar-refractivity contribution < 1.29 is 14.2 Å². The van der Waals surface area contributed by atoms with E-state index >= 15 is 0 Å². The van der Waals surface area contributed by atoms with Crippen LogP contribution < -0.4 is 0 Å². The number of hydrogen-bond donors (Lipinski definition) is 0. The van der Waals surface area contributed by atoms with Gasteiger partial charge in [-0.25, -0.2) is 0 Å². The minimum Gasteiger partial charge on any atom is -0.385 e. The number of epoxide rings is 1. The van der Waals surface area contributed by atoms with E-state index in [2.05, 4.69) is 0 Å². The van der Waals surface area contributed by atoms with E-state index in [1.165, 1.54) is 37.8 Å². The van der Waals surface area contributed by atoms with Gasteiger partial charge in [0.05, 0.1) is 13.2 Å². The average Bonchev–Trinajstić information content (AvgIpc) is 3.10. The van der Waals surface area contributed by atoms with E-state index < -0.39 is 0 Å². The SMILES string of the molecule is COCCCCC[SiH2]CCCOCC1CO1. The van der Waals surface area contributed by atoms with Crippen LogP contribution in [0.4, 0.5) is 0 Å². The smallest absolute Gasteiger partial charge is 0.104 e. The molecule has 1 atom stereocenters. The molecule has 0 aliphatic carbocycles. The van der Waals surface area contributed by atoms with E-state index in [9.17, 15) is 0 Å². The molecule has 3 nitrogen and oxygen atoms in total. The van der Waals surface area contributed by atoms with Gasteiger partial charge in [0.15, 0.2) is 0 Å². The van der Waals surface area contributed by atoms with Crippen molar-refractivity contribution in [2.75, 3.05) is 33.5 Å². The monoisotopic (exact) mass is 246 g/mol. The lowest BCUT2D eigenvalue weighted by Gasteiger charge is -2.02. The van der Waals surface area contributed by atoms with Crippen LogP contribution in [0.15, 0.2) is 0 Å². The first-order chi connectivity index (χ1) is 7.93. The zero-order chi connectivity index (χ0) is 11.5. The van der Waals surface area contributed by atoms with Gasteiger partial charge in [-0.05, 0) is 12.8 Å². The molecule has 1 aliphatic heterocycles. The molecule has 96 valence electrons. The fraction of sp³-hybridized carbons (Fsp3) is 1.00. The molecule has 16 heavy (non-hydrogen) atoms. The van der Waals surface area contributed by atoms with Gasteiger partial charge in [0.25, 0.3) is 0 Å². The topological polar surface area (TPSA) is 31.0 Å². The normalized spacial score (nSPS) is 19.7. The molecule has 1 rings (SSSR count). The van der Waals surface area contributed by atoms with Gasteiger partial charge in [0, 0.05) is 29.8 Å². The molecule has 0 aromatic rings. The number of methoxy groups -OCH3 is 1. The number of rotatable bonds is 12. The highest BCUT2D eigenvalue weighted by molar-refractivity contribution is 6.35. The molecule has 0 saturated carbocycles. The third-order valence-corrected chi connectivity index (χ3v) is 4.84. The average molecular weight is 246 g/mol. The molecule has 0 N–H and O–H groups in total. The minimum absolute atomic E-state index is 0.193. The van der Waals surface area contributed by atoms with E-state index in [1.54, 1.807) is 7.11 Å². The molecular formula is C12H26O3Si. The molecule has 1 heterocycles. The first-order valence-electron chi connectivity index (χ1n) is 6.62. The third-order valence-electron chi connectivity index (χ3n) is 2.84. The van der Waals surface area contributed by atoms with Crippen LogP contribution in [0.2, 0.25) is 12.1 Å². The molecule has 0 amide bonds. The van der Waals surface area contributed by atoms with Gasteiger partial charge >= 0.3 is 0 Å². The maximum atomic E-state index is 5.50. The minimum atomic E-state index is 0.193. The Hall–Kier alpha value is 0.0969. The van der Waals surface area contributed by atoms with Crippen molar-refractivity contribution in [1.82, 2.24) is 0 Å². The second-order valence-corrected chi connectivity index (χ2v) is 6.62. The fourth-order valence-corrected chi connectivity index (χ4v) is 3.33. The molecule has 1 aliphatic rings.